The molecule has 0 bridgehead atoms. The van der Waals surface area contributed by atoms with Crippen molar-refractivity contribution in [2.45, 2.75) is 0 Å². The molecule has 0 atom stereocenters. The topological polar surface area (TPSA) is 51.6 Å². The molecule has 0 fully saturated rings. The van der Waals surface area contributed by atoms with Crippen molar-refractivity contribution in [1.82, 2.24) is 20.4 Å². The Morgan fingerprint density at radius 1 is 0.625 bits per heavy atom. The molecule has 0 unspecified atom stereocenters. The zero-order valence-electron chi connectivity index (χ0n) is 4.79. The minimum absolute atomic E-state index is 0. The normalized spacial score (nSPS) is 6.00. The van der Waals surface area contributed by atoms with E-state index in [0.29, 0.717) is 0 Å². The van der Waals surface area contributed by atoms with Gasteiger partial charge in [0.05, 0.1) is 0 Å². The second kappa shape index (κ2) is 9.55. The Balaban J connectivity index is 0. The standard InChI is InChI=1S/C2N4.2Rb/c1-3-5-2-6-4-1;;/q-2;2*+1. The SMILES string of the molecule is [Rb+].[Rb+].[c-]1nn[c-]nn1. The first-order valence-electron chi connectivity index (χ1n) is 1.29. The van der Waals surface area contributed by atoms with Crippen molar-refractivity contribution < 1.29 is 116 Å². The summed E-state index contributed by atoms with van der Waals surface area (Å²) in [7, 11) is 0. The second-order valence-corrected chi connectivity index (χ2v) is 0.600. The van der Waals surface area contributed by atoms with Crippen LogP contribution in [0, 0.1) is 12.7 Å². The molecule has 0 radical (unpaired) electrons. The van der Waals surface area contributed by atoms with Crippen LogP contribution in [0.15, 0.2) is 0 Å². The summed E-state index contributed by atoms with van der Waals surface area (Å²) in [5.41, 5.74) is 0. The molecular formula is C2N4Rb2. The van der Waals surface area contributed by atoms with E-state index >= 15 is 0 Å². The zero-order chi connectivity index (χ0) is 4.24. The minimum atomic E-state index is 0. The van der Waals surface area contributed by atoms with Crippen LogP contribution in [0.3, 0.4) is 0 Å². The molecule has 0 aliphatic rings. The van der Waals surface area contributed by atoms with E-state index in [9.17, 15) is 0 Å². The monoisotopic (exact) mass is 250 g/mol. The van der Waals surface area contributed by atoms with Crippen LogP contribution in [0.25, 0.3) is 0 Å². The summed E-state index contributed by atoms with van der Waals surface area (Å²) in [5.74, 6) is 0. The molecule has 0 aliphatic carbocycles. The molecule has 1 aromatic heterocycles. The first kappa shape index (κ1) is 13.2. The van der Waals surface area contributed by atoms with Crippen LogP contribution in [0.2, 0.25) is 0 Å². The van der Waals surface area contributed by atoms with Crippen LogP contribution in [-0.2, 0) is 0 Å². The van der Waals surface area contributed by atoms with Crippen molar-refractivity contribution in [1.29, 1.82) is 0 Å². The first-order valence-corrected chi connectivity index (χ1v) is 1.29. The van der Waals surface area contributed by atoms with Gasteiger partial charge in [-0.25, -0.2) is 12.7 Å². The smallest absolute Gasteiger partial charge is 0.388 e. The van der Waals surface area contributed by atoms with Gasteiger partial charge in [0.25, 0.3) is 0 Å². The summed E-state index contributed by atoms with van der Waals surface area (Å²) in [6, 6.07) is 0. The van der Waals surface area contributed by atoms with Gasteiger partial charge in [0.2, 0.25) is 0 Å². The Labute approximate surface area is 145 Å². The van der Waals surface area contributed by atoms with Crippen LogP contribution in [0.4, 0.5) is 0 Å². The number of nitrogens with zero attached hydrogens (tertiary/aromatic N) is 4. The summed E-state index contributed by atoms with van der Waals surface area (Å²) < 4.78 is 0. The molecular weight excluding hydrogens is 251 g/mol. The van der Waals surface area contributed by atoms with E-state index in [1.165, 1.54) is 0 Å². The van der Waals surface area contributed by atoms with Crippen LogP contribution in [0.5, 0.6) is 0 Å². The van der Waals surface area contributed by atoms with E-state index in [-0.39, 0.29) is 116 Å². The molecule has 1 heterocycles. The van der Waals surface area contributed by atoms with Gasteiger partial charge in [-0.1, -0.05) is 0 Å². The molecule has 1 rings (SSSR count). The van der Waals surface area contributed by atoms with Crippen LogP contribution in [-0.4, -0.2) is 20.4 Å². The van der Waals surface area contributed by atoms with Gasteiger partial charge >= 0.3 is 116 Å². The predicted octanol–water partition coefficient (Wildman–Crippen LogP) is -7.13. The fraction of sp³-hybridized carbons (Fsp3) is 0. The van der Waals surface area contributed by atoms with Crippen molar-refractivity contribution in [2.24, 2.45) is 0 Å². The molecule has 8 heavy (non-hydrogen) atoms. The quantitative estimate of drug-likeness (QED) is 0.430. The average molecular weight is 251 g/mol. The first-order chi connectivity index (χ1) is 3.00. The van der Waals surface area contributed by atoms with Gasteiger partial charge in [-0.2, -0.15) is 0 Å². The molecule has 0 aliphatic heterocycles. The molecule has 30 valence electrons. The molecule has 1 aromatic rings. The third-order valence-corrected chi connectivity index (χ3v) is 0.279. The van der Waals surface area contributed by atoms with E-state index in [1.54, 1.807) is 0 Å². The molecule has 4 nitrogen and oxygen atoms in total. The second-order valence-electron chi connectivity index (χ2n) is 0.600. The van der Waals surface area contributed by atoms with Crippen molar-refractivity contribution in [2.75, 3.05) is 0 Å². The number of hydrogen-bond donors (Lipinski definition) is 0. The Morgan fingerprint density at radius 2 is 0.875 bits per heavy atom. The van der Waals surface area contributed by atoms with E-state index in [4.69, 9.17) is 0 Å². The van der Waals surface area contributed by atoms with Gasteiger partial charge in [0.15, 0.2) is 0 Å². The Kier molecular flexibility index (Phi) is 15.7. The van der Waals surface area contributed by atoms with Gasteiger partial charge in [-0.3, -0.25) is 0 Å². The van der Waals surface area contributed by atoms with Crippen molar-refractivity contribution >= 4 is 0 Å². The summed E-state index contributed by atoms with van der Waals surface area (Å²) in [6.07, 6.45) is 4.28. The molecule has 0 saturated heterocycles. The van der Waals surface area contributed by atoms with Crippen molar-refractivity contribution in [3.8, 4) is 0 Å². The molecule has 0 aromatic carbocycles. The summed E-state index contributed by atoms with van der Waals surface area (Å²) >= 11 is 0. The molecule has 0 N–H and O–H groups in total. The maximum atomic E-state index is 3.18. The van der Waals surface area contributed by atoms with Crippen molar-refractivity contribution in [3.63, 3.8) is 0 Å². The summed E-state index contributed by atoms with van der Waals surface area (Å²) in [5, 5.41) is 12.7. The maximum absolute atomic E-state index is 3.18. The minimum Gasteiger partial charge on any atom is -0.388 e. The summed E-state index contributed by atoms with van der Waals surface area (Å²) in [6.45, 7) is 0. The molecule has 0 amide bonds. The van der Waals surface area contributed by atoms with Crippen LogP contribution >= 0.6 is 0 Å². The van der Waals surface area contributed by atoms with Gasteiger partial charge < -0.3 is 20.4 Å². The zero-order valence-corrected chi connectivity index (χ0v) is 14.6. The Hall–Kier alpha value is 2.55. The number of hydrogen-bond acceptors (Lipinski definition) is 4. The largest absolute Gasteiger partial charge is 1.00 e. The fourth-order valence-corrected chi connectivity index (χ4v) is 0.129. The summed E-state index contributed by atoms with van der Waals surface area (Å²) in [4.78, 5) is 0. The van der Waals surface area contributed by atoms with Gasteiger partial charge in [-0.05, 0) is 0 Å². The molecule has 0 saturated carbocycles. The third kappa shape index (κ3) is 6.67. The van der Waals surface area contributed by atoms with Gasteiger partial charge in [-0.15, -0.1) is 0 Å². The molecule has 0 spiro atoms. The van der Waals surface area contributed by atoms with Gasteiger partial charge in [0, 0.05) is 0 Å². The fourth-order valence-electron chi connectivity index (χ4n) is 0.129. The maximum Gasteiger partial charge on any atom is 1.00 e. The Morgan fingerprint density at radius 3 is 1.00 bits per heavy atom. The molecule has 6 heteroatoms. The number of aromatic nitrogens is 4. The van der Waals surface area contributed by atoms with Crippen LogP contribution < -0.4 is 116 Å². The van der Waals surface area contributed by atoms with E-state index in [0.717, 1.165) is 0 Å². The number of rotatable bonds is 0. The van der Waals surface area contributed by atoms with E-state index < -0.39 is 0 Å². The third-order valence-electron chi connectivity index (χ3n) is 0.279. The van der Waals surface area contributed by atoms with E-state index in [1.807, 2.05) is 0 Å². The van der Waals surface area contributed by atoms with Gasteiger partial charge in [0.1, 0.15) is 0 Å². The average Bonchev–Trinajstić information content (AvgIpc) is 1.72. The van der Waals surface area contributed by atoms with Crippen molar-refractivity contribution in [3.05, 3.63) is 12.7 Å². The van der Waals surface area contributed by atoms with Crippen LogP contribution in [0.1, 0.15) is 0 Å². The van der Waals surface area contributed by atoms with E-state index in [2.05, 4.69) is 33.0 Å². The predicted molar refractivity (Wildman–Crippen MR) is 15.3 cm³/mol. The Bertz CT molecular complexity index is 84.0.